The van der Waals surface area contributed by atoms with E-state index in [2.05, 4.69) is 0 Å². The maximum Gasteiger partial charge on any atom is 0.187 e. The Kier molecular flexibility index (Phi) is 14.7. The zero-order valence-electron chi connectivity index (χ0n) is 3.82. The van der Waals surface area contributed by atoms with E-state index >= 15 is 0 Å². The molecule has 0 aromatic heterocycles. The van der Waals surface area contributed by atoms with Crippen molar-refractivity contribution < 1.29 is 6.16 Å². The molecule has 0 unspecified atom stereocenters. The standard InChI is InChI=1S/C4H10O.Al.H2.3H/c1-3-5-4-2;;;;;/h3-4H2,1-2H3;;1H;;;. The van der Waals surface area contributed by atoms with Crippen LogP contribution in [0.4, 0.5) is 0 Å². The molecule has 0 fully saturated rings. The van der Waals surface area contributed by atoms with E-state index in [1.165, 1.54) is 0 Å². The molecular formula is C4H15AlO. The lowest BCUT2D eigenvalue weighted by atomic mass is 10.8. The second-order valence-corrected chi connectivity index (χ2v) is 0.781. The van der Waals surface area contributed by atoms with Gasteiger partial charge in [0.05, 0.1) is 0 Å². The Morgan fingerprint density at radius 3 is 1.67 bits per heavy atom. The molecule has 40 valence electrons. The summed E-state index contributed by atoms with van der Waals surface area (Å²) in [5.74, 6) is 0. The van der Waals surface area contributed by atoms with Crippen LogP contribution in [0.15, 0.2) is 0 Å². The zero-order chi connectivity index (χ0) is 4.12. The molecule has 0 aromatic carbocycles. The summed E-state index contributed by atoms with van der Waals surface area (Å²) < 4.78 is 4.83. The Morgan fingerprint density at radius 2 is 1.67 bits per heavy atom. The van der Waals surface area contributed by atoms with E-state index in [1.807, 2.05) is 13.8 Å². The molecule has 0 heterocycles. The summed E-state index contributed by atoms with van der Waals surface area (Å²) >= 11 is 0. The fourth-order valence-corrected chi connectivity index (χ4v) is 0.204. The molecule has 0 bridgehead atoms. The highest BCUT2D eigenvalue weighted by atomic mass is 27.0. The van der Waals surface area contributed by atoms with Gasteiger partial charge in [0.2, 0.25) is 0 Å². The third-order valence-electron chi connectivity index (χ3n) is 0.408. The maximum atomic E-state index is 4.83. The van der Waals surface area contributed by atoms with Gasteiger partial charge in [-0.2, -0.15) is 0 Å². The molecule has 2 heteroatoms. The van der Waals surface area contributed by atoms with Gasteiger partial charge < -0.3 is 4.74 Å². The summed E-state index contributed by atoms with van der Waals surface area (Å²) in [5.41, 5.74) is 0. The van der Waals surface area contributed by atoms with Crippen LogP contribution in [0.3, 0.4) is 0 Å². The van der Waals surface area contributed by atoms with Crippen LogP contribution in [0.1, 0.15) is 15.3 Å². The van der Waals surface area contributed by atoms with E-state index in [9.17, 15) is 0 Å². The Labute approximate surface area is 51.3 Å². The van der Waals surface area contributed by atoms with Crippen molar-refractivity contribution in [1.82, 2.24) is 0 Å². The number of ether oxygens (including phenoxy) is 1. The van der Waals surface area contributed by atoms with Gasteiger partial charge in [0, 0.05) is 14.6 Å². The van der Waals surface area contributed by atoms with E-state index in [1.54, 1.807) is 0 Å². The fourth-order valence-electron chi connectivity index (χ4n) is 0.204. The average Bonchev–Trinajstić information content (AvgIpc) is 1.41. The number of rotatable bonds is 2. The summed E-state index contributed by atoms with van der Waals surface area (Å²) in [6.07, 6.45) is 0. The average molecular weight is 106 g/mol. The second kappa shape index (κ2) is 9.09. The summed E-state index contributed by atoms with van der Waals surface area (Å²) in [7, 11) is 0. The second-order valence-electron chi connectivity index (χ2n) is 0.781. The SMILES string of the molecule is CCOCC.[AlH3].[HH]. The van der Waals surface area contributed by atoms with Gasteiger partial charge >= 0.3 is 0 Å². The fraction of sp³-hybridized carbons (Fsp3) is 1.00. The molecule has 0 amide bonds. The number of hydrogen-bond acceptors (Lipinski definition) is 1. The first-order valence-electron chi connectivity index (χ1n) is 1.99. The smallest absolute Gasteiger partial charge is 0.187 e. The monoisotopic (exact) mass is 106 g/mol. The lowest BCUT2D eigenvalue weighted by molar-refractivity contribution is 0.162. The molecule has 1 nitrogen and oxygen atoms in total. The first-order chi connectivity index (χ1) is 2.41. The van der Waals surface area contributed by atoms with E-state index in [0.29, 0.717) is 0 Å². The molecule has 0 atom stereocenters. The van der Waals surface area contributed by atoms with Crippen LogP contribution < -0.4 is 0 Å². The zero-order valence-corrected chi connectivity index (χ0v) is 3.82. The molecule has 6 heavy (non-hydrogen) atoms. The normalized spacial score (nSPS) is 7.00. The van der Waals surface area contributed by atoms with Crippen molar-refractivity contribution in [2.75, 3.05) is 13.2 Å². The van der Waals surface area contributed by atoms with Crippen molar-refractivity contribution in [1.29, 1.82) is 0 Å². The molecular weight excluding hydrogens is 91.0 g/mol. The number of hydrogen-bond donors (Lipinski definition) is 0. The molecule has 0 aliphatic heterocycles. The summed E-state index contributed by atoms with van der Waals surface area (Å²) in [4.78, 5) is 0. The quantitative estimate of drug-likeness (QED) is 0.454. The van der Waals surface area contributed by atoms with Gasteiger partial charge in [0.15, 0.2) is 17.4 Å². The first kappa shape index (κ1) is 9.70. The van der Waals surface area contributed by atoms with Crippen LogP contribution in [-0.4, -0.2) is 30.6 Å². The molecule has 0 N–H and O–H groups in total. The van der Waals surface area contributed by atoms with Gasteiger partial charge in [-0.15, -0.1) is 0 Å². The molecule has 0 radical (unpaired) electrons. The Bertz CT molecular complexity index is 19.2. The third-order valence-corrected chi connectivity index (χ3v) is 0.408. The van der Waals surface area contributed by atoms with E-state index < -0.39 is 0 Å². The molecule has 0 saturated heterocycles. The van der Waals surface area contributed by atoms with Crippen LogP contribution in [0.25, 0.3) is 0 Å². The lowest BCUT2D eigenvalue weighted by Crippen LogP contribution is -1.84. The van der Waals surface area contributed by atoms with Crippen LogP contribution in [-0.2, 0) is 4.74 Å². The van der Waals surface area contributed by atoms with E-state index in [4.69, 9.17) is 4.74 Å². The highest BCUT2D eigenvalue weighted by Crippen LogP contribution is 1.64. The highest BCUT2D eigenvalue weighted by Gasteiger charge is 1.64. The summed E-state index contributed by atoms with van der Waals surface area (Å²) in [6, 6.07) is 0. The van der Waals surface area contributed by atoms with Crippen LogP contribution in [0.5, 0.6) is 0 Å². The predicted molar refractivity (Wildman–Crippen MR) is 34.2 cm³/mol. The summed E-state index contributed by atoms with van der Waals surface area (Å²) in [5, 5.41) is 0. The van der Waals surface area contributed by atoms with Gasteiger partial charge in [0.25, 0.3) is 0 Å². The van der Waals surface area contributed by atoms with Crippen molar-refractivity contribution in [2.24, 2.45) is 0 Å². The van der Waals surface area contributed by atoms with Crippen molar-refractivity contribution in [2.45, 2.75) is 13.8 Å². The summed E-state index contributed by atoms with van der Waals surface area (Å²) in [6.45, 7) is 5.67. The van der Waals surface area contributed by atoms with Gasteiger partial charge in [-0.3, -0.25) is 0 Å². The molecule has 0 aliphatic carbocycles. The van der Waals surface area contributed by atoms with Crippen LogP contribution in [0.2, 0.25) is 0 Å². The molecule has 0 aromatic rings. The lowest BCUT2D eigenvalue weighted by Gasteiger charge is -1.86. The van der Waals surface area contributed by atoms with Crippen molar-refractivity contribution in [3.63, 3.8) is 0 Å². The highest BCUT2D eigenvalue weighted by molar-refractivity contribution is 5.75. The molecule has 0 rings (SSSR count). The maximum absolute atomic E-state index is 4.83. The molecule has 0 saturated carbocycles. The van der Waals surface area contributed by atoms with Crippen molar-refractivity contribution >= 4 is 17.4 Å². The van der Waals surface area contributed by atoms with Crippen LogP contribution >= 0.6 is 0 Å². The predicted octanol–water partition coefficient (Wildman–Crippen LogP) is 0.105. The van der Waals surface area contributed by atoms with Gasteiger partial charge in [0.1, 0.15) is 0 Å². The topological polar surface area (TPSA) is 9.23 Å². The van der Waals surface area contributed by atoms with Gasteiger partial charge in [-0.1, -0.05) is 0 Å². The van der Waals surface area contributed by atoms with Gasteiger partial charge in [-0.25, -0.2) is 0 Å². The minimum absolute atomic E-state index is 0. The van der Waals surface area contributed by atoms with Crippen molar-refractivity contribution in [3.05, 3.63) is 0 Å². The Hall–Kier alpha value is 0.492. The van der Waals surface area contributed by atoms with Crippen molar-refractivity contribution in [3.8, 4) is 0 Å². The van der Waals surface area contributed by atoms with E-state index in [-0.39, 0.29) is 18.8 Å². The van der Waals surface area contributed by atoms with E-state index in [0.717, 1.165) is 13.2 Å². The van der Waals surface area contributed by atoms with Gasteiger partial charge in [-0.05, 0) is 13.8 Å². The molecule has 0 aliphatic rings. The minimum Gasteiger partial charge on any atom is -0.382 e. The third kappa shape index (κ3) is 8.82. The molecule has 0 spiro atoms. The van der Waals surface area contributed by atoms with Crippen LogP contribution in [0, 0.1) is 0 Å². The minimum atomic E-state index is 0. The first-order valence-corrected chi connectivity index (χ1v) is 1.99. The Morgan fingerprint density at radius 1 is 1.33 bits per heavy atom. The largest absolute Gasteiger partial charge is 0.382 e. The Balaban J connectivity index is -0.0000000800.